The zero-order valence-electron chi connectivity index (χ0n) is 17.6. The normalized spacial score (nSPS) is 12.4. The fraction of sp³-hybridized carbons (Fsp3) is 0.231. The Morgan fingerprint density at radius 1 is 0.800 bits per heavy atom. The van der Waals surface area contributed by atoms with Crippen molar-refractivity contribution in [1.29, 1.82) is 0 Å². The third-order valence-corrected chi connectivity index (χ3v) is 5.06. The molecule has 3 aromatic carbocycles. The first-order chi connectivity index (χ1) is 14.5. The van der Waals surface area contributed by atoms with Gasteiger partial charge in [-0.15, -0.1) is 11.6 Å². The van der Waals surface area contributed by atoms with Crippen LogP contribution in [0.2, 0.25) is 0 Å². The molecule has 0 atom stereocenters. The molecule has 3 aromatic rings. The summed E-state index contributed by atoms with van der Waals surface area (Å²) in [6, 6.07) is 28.9. The number of hydrogen-bond donors (Lipinski definition) is 0. The van der Waals surface area contributed by atoms with E-state index in [0.717, 1.165) is 23.3 Å². The van der Waals surface area contributed by atoms with Crippen molar-refractivity contribution in [2.24, 2.45) is 0 Å². The molecule has 0 bridgehead atoms. The number of alkyl halides is 1. The lowest BCUT2D eigenvalue weighted by molar-refractivity contribution is -0.840. The van der Waals surface area contributed by atoms with Crippen molar-refractivity contribution in [2.45, 2.75) is 6.42 Å². The van der Waals surface area contributed by atoms with Gasteiger partial charge < -0.3 is 14.6 Å². The number of allylic oxidation sites excluding steroid dienone is 1. The molecule has 0 unspecified atom stereocenters. The molecule has 4 heteroatoms. The molecular weight excluding hydrogens is 394 g/mol. The highest BCUT2D eigenvalue weighted by molar-refractivity contribution is 6.18. The topological polar surface area (TPSA) is 32.3 Å². The molecular formula is C26H28ClNO2. The summed E-state index contributed by atoms with van der Waals surface area (Å²) in [5, 5.41) is 11.7. The van der Waals surface area contributed by atoms with Crippen LogP contribution in [0.5, 0.6) is 5.75 Å². The number of nitrogens with zero attached hydrogens (tertiary/aromatic N) is 1. The quantitative estimate of drug-likeness (QED) is 0.177. The molecule has 0 aromatic heterocycles. The van der Waals surface area contributed by atoms with Crippen LogP contribution in [0.4, 0.5) is 0 Å². The maximum absolute atomic E-state index is 11.7. The van der Waals surface area contributed by atoms with Crippen molar-refractivity contribution in [2.75, 3.05) is 33.1 Å². The molecule has 0 amide bonds. The second-order valence-electron chi connectivity index (χ2n) is 7.69. The van der Waals surface area contributed by atoms with Gasteiger partial charge in [0.25, 0.3) is 0 Å². The summed E-state index contributed by atoms with van der Waals surface area (Å²) in [6.07, 6.45) is 0.768. The first-order valence-corrected chi connectivity index (χ1v) is 10.7. The largest absolute Gasteiger partial charge is 0.633 e. The molecule has 0 aliphatic carbocycles. The molecule has 156 valence electrons. The molecule has 0 N–H and O–H groups in total. The summed E-state index contributed by atoms with van der Waals surface area (Å²) in [6.45, 7) is 0.795. The van der Waals surface area contributed by atoms with Crippen LogP contribution in [-0.2, 0) is 0 Å². The molecule has 3 rings (SSSR count). The Kier molecular flexibility index (Phi) is 7.69. The Labute approximate surface area is 184 Å². The number of rotatable bonds is 9. The van der Waals surface area contributed by atoms with E-state index in [0.29, 0.717) is 19.0 Å². The Morgan fingerprint density at radius 3 is 1.87 bits per heavy atom. The Morgan fingerprint density at radius 2 is 1.33 bits per heavy atom. The van der Waals surface area contributed by atoms with E-state index in [4.69, 9.17) is 16.3 Å². The minimum atomic E-state index is -0.363. The van der Waals surface area contributed by atoms with E-state index in [9.17, 15) is 5.21 Å². The first-order valence-electron chi connectivity index (χ1n) is 10.1. The zero-order valence-corrected chi connectivity index (χ0v) is 18.3. The van der Waals surface area contributed by atoms with E-state index in [2.05, 4.69) is 60.7 Å². The molecule has 0 heterocycles. The van der Waals surface area contributed by atoms with Gasteiger partial charge in [0.1, 0.15) is 18.9 Å². The summed E-state index contributed by atoms with van der Waals surface area (Å²) in [7, 11) is 3.23. The monoisotopic (exact) mass is 421 g/mol. The number of ether oxygens (including phenoxy) is 1. The highest BCUT2D eigenvalue weighted by Gasteiger charge is 2.14. The number of halogens is 1. The number of quaternary nitrogens is 1. The molecule has 0 saturated carbocycles. The van der Waals surface area contributed by atoms with Gasteiger partial charge in [0.05, 0.1) is 14.1 Å². The maximum atomic E-state index is 11.7. The highest BCUT2D eigenvalue weighted by atomic mass is 35.5. The minimum absolute atomic E-state index is 0.363. The third kappa shape index (κ3) is 6.20. The van der Waals surface area contributed by atoms with Crippen LogP contribution >= 0.6 is 11.6 Å². The van der Waals surface area contributed by atoms with Gasteiger partial charge in [-0.2, -0.15) is 0 Å². The van der Waals surface area contributed by atoms with E-state index in [-0.39, 0.29) is 4.65 Å². The van der Waals surface area contributed by atoms with E-state index in [1.165, 1.54) is 16.7 Å². The van der Waals surface area contributed by atoms with Gasteiger partial charge in [-0.1, -0.05) is 72.8 Å². The van der Waals surface area contributed by atoms with Gasteiger partial charge in [-0.05, 0) is 46.4 Å². The van der Waals surface area contributed by atoms with Crippen LogP contribution in [0.1, 0.15) is 23.1 Å². The summed E-state index contributed by atoms with van der Waals surface area (Å²) in [5.41, 5.74) is 5.83. The van der Waals surface area contributed by atoms with Gasteiger partial charge in [0.15, 0.2) is 0 Å². The highest BCUT2D eigenvalue weighted by Crippen LogP contribution is 2.35. The molecule has 0 aliphatic heterocycles. The first kappa shape index (κ1) is 22.1. The summed E-state index contributed by atoms with van der Waals surface area (Å²) in [5.74, 6) is 1.31. The van der Waals surface area contributed by atoms with Gasteiger partial charge in [-0.25, -0.2) is 0 Å². The van der Waals surface area contributed by atoms with Crippen LogP contribution in [0, 0.1) is 5.21 Å². The summed E-state index contributed by atoms with van der Waals surface area (Å²) in [4.78, 5) is 0. The van der Waals surface area contributed by atoms with E-state index < -0.39 is 0 Å². The summed E-state index contributed by atoms with van der Waals surface area (Å²) < 4.78 is 5.40. The SMILES string of the molecule is C[N+](C)([O-])CCOc1ccc(C(=C(CCCl)c2ccccc2)c2ccccc2)cc1. The van der Waals surface area contributed by atoms with Gasteiger partial charge in [0.2, 0.25) is 0 Å². The smallest absolute Gasteiger partial charge is 0.137 e. The van der Waals surface area contributed by atoms with Crippen LogP contribution < -0.4 is 4.74 Å². The molecule has 0 saturated heterocycles. The number of likely N-dealkylation sites (N-methyl/N-ethyl adjacent to an activating group) is 1. The van der Waals surface area contributed by atoms with E-state index >= 15 is 0 Å². The Hall–Kier alpha value is -2.59. The van der Waals surface area contributed by atoms with Crippen molar-refractivity contribution in [3.8, 4) is 5.75 Å². The molecule has 0 spiro atoms. The molecule has 0 aliphatic rings. The Balaban J connectivity index is 1.99. The lowest BCUT2D eigenvalue weighted by Gasteiger charge is -2.33. The van der Waals surface area contributed by atoms with E-state index in [1.54, 1.807) is 14.1 Å². The van der Waals surface area contributed by atoms with Gasteiger partial charge in [0, 0.05) is 5.88 Å². The predicted molar refractivity (Wildman–Crippen MR) is 126 cm³/mol. The van der Waals surface area contributed by atoms with Crippen LogP contribution in [0.15, 0.2) is 84.9 Å². The zero-order chi connectivity index (χ0) is 21.4. The van der Waals surface area contributed by atoms with Crippen LogP contribution in [-0.4, -0.2) is 37.8 Å². The van der Waals surface area contributed by atoms with Crippen molar-refractivity contribution >= 4 is 22.7 Å². The Bertz CT molecular complexity index is 946. The van der Waals surface area contributed by atoms with Crippen molar-refractivity contribution < 1.29 is 9.38 Å². The van der Waals surface area contributed by atoms with Gasteiger partial charge >= 0.3 is 0 Å². The standard InChI is InChI=1S/C26H28ClNO2/c1-28(2,29)19-20-30-24-15-13-23(14-16-24)26(22-11-7-4-8-12-22)25(17-18-27)21-9-5-3-6-10-21/h3-16H,17-20H2,1-2H3. The number of benzene rings is 3. The molecule has 0 fully saturated rings. The average molecular weight is 422 g/mol. The van der Waals surface area contributed by atoms with Crippen molar-refractivity contribution in [1.82, 2.24) is 0 Å². The minimum Gasteiger partial charge on any atom is -0.633 e. The van der Waals surface area contributed by atoms with Crippen molar-refractivity contribution in [3.05, 3.63) is 107 Å². The van der Waals surface area contributed by atoms with E-state index in [1.807, 2.05) is 24.3 Å². The summed E-state index contributed by atoms with van der Waals surface area (Å²) >= 11 is 6.20. The number of hydrogen-bond acceptors (Lipinski definition) is 2. The second-order valence-corrected chi connectivity index (χ2v) is 8.07. The number of hydroxylamine groups is 3. The lowest BCUT2D eigenvalue weighted by Crippen LogP contribution is -2.36. The fourth-order valence-corrected chi connectivity index (χ4v) is 3.56. The lowest BCUT2D eigenvalue weighted by atomic mass is 9.88. The molecule has 0 radical (unpaired) electrons. The predicted octanol–water partition coefficient (Wildman–Crippen LogP) is 6.23. The maximum Gasteiger partial charge on any atom is 0.137 e. The van der Waals surface area contributed by atoms with Crippen LogP contribution in [0.3, 0.4) is 0 Å². The van der Waals surface area contributed by atoms with Crippen LogP contribution in [0.25, 0.3) is 11.1 Å². The second kappa shape index (κ2) is 10.4. The van der Waals surface area contributed by atoms with Crippen molar-refractivity contribution in [3.63, 3.8) is 0 Å². The molecule has 30 heavy (non-hydrogen) atoms. The average Bonchev–Trinajstić information content (AvgIpc) is 2.75. The van der Waals surface area contributed by atoms with Gasteiger partial charge in [-0.3, -0.25) is 0 Å². The molecule has 3 nitrogen and oxygen atoms in total. The third-order valence-electron chi connectivity index (χ3n) is 4.87. The fourth-order valence-electron chi connectivity index (χ4n) is 3.37.